The summed E-state index contributed by atoms with van der Waals surface area (Å²) < 4.78 is 11.2. The van der Waals surface area contributed by atoms with Gasteiger partial charge in [-0.15, -0.1) is 11.3 Å². The molecule has 0 N–H and O–H groups in total. The Bertz CT molecular complexity index is 1350. The van der Waals surface area contributed by atoms with E-state index in [0.29, 0.717) is 17.9 Å². The van der Waals surface area contributed by atoms with Crippen molar-refractivity contribution in [2.45, 2.75) is 25.9 Å². The molecular formula is C29H26N2O4S. The standard InChI is InChI=1S/C29H26N2O4S/c1-20-29(33)31(18-28(32)34-15-14-21-8-4-2-5-9-21)25-17-23(12-13-26(25)35-20)24-19-36-27(30-24)16-22-10-6-3-7-11-22/h2-13,17,19-20H,14-16,18H2,1H3. The number of esters is 1. The van der Waals surface area contributed by atoms with Gasteiger partial charge in [0, 0.05) is 23.8 Å². The first-order valence-corrected chi connectivity index (χ1v) is 12.7. The third kappa shape index (κ3) is 5.47. The van der Waals surface area contributed by atoms with Crippen molar-refractivity contribution < 1.29 is 19.1 Å². The largest absolute Gasteiger partial charge is 0.479 e. The van der Waals surface area contributed by atoms with Gasteiger partial charge >= 0.3 is 5.97 Å². The molecule has 7 heteroatoms. The number of rotatable bonds is 8. The van der Waals surface area contributed by atoms with Crippen molar-refractivity contribution in [3.63, 3.8) is 0 Å². The van der Waals surface area contributed by atoms with Gasteiger partial charge in [-0.1, -0.05) is 60.7 Å². The number of carbonyl (C=O) groups excluding carboxylic acids is 2. The number of thiazole rings is 1. The summed E-state index contributed by atoms with van der Waals surface area (Å²) >= 11 is 1.60. The highest BCUT2D eigenvalue weighted by atomic mass is 32.1. The third-order valence-corrected chi connectivity index (χ3v) is 6.85. The van der Waals surface area contributed by atoms with E-state index in [1.54, 1.807) is 18.3 Å². The van der Waals surface area contributed by atoms with Crippen molar-refractivity contribution in [3.8, 4) is 17.0 Å². The molecule has 5 rings (SSSR count). The number of benzene rings is 3. The second-order valence-corrected chi connectivity index (χ2v) is 9.55. The number of carbonyl (C=O) groups is 2. The molecule has 36 heavy (non-hydrogen) atoms. The third-order valence-electron chi connectivity index (χ3n) is 6.00. The fourth-order valence-corrected chi connectivity index (χ4v) is 4.96. The molecular weight excluding hydrogens is 472 g/mol. The first-order chi connectivity index (χ1) is 17.6. The molecule has 182 valence electrons. The van der Waals surface area contributed by atoms with Crippen molar-refractivity contribution in [2.24, 2.45) is 0 Å². The second kappa shape index (κ2) is 10.7. The first-order valence-electron chi connectivity index (χ1n) is 11.9. The van der Waals surface area contributed by atoms with Gasteiger partial charge in [0.15, 0.2) is 6.10 Å². The van der Waals surface area contributed by atoms with Gasteiger partial charge in [0.2, 0.25) is 0 Å². The summed E-state index contributed by atoms with van der Waals surface area (Å²) in [5.41, 5.74) is 4.52. The Morgan fingerprint density at radius 2 is 1.75 bits per heavy atom. The van der Waals surface area contributed by atoms with Crippen molar-refractivity contribution in [1.29, 1.82) is 0 Å². The molecule has 1 aliphatic heterocycles. The Labute approximate surface area is 214 Å². The van der Waals surface area contributed by atoms with Gasteiger partial charge in [-0.3, -0.25) is 14.5 Å². The lowest BCUT2D eigenvalue weighted by molar-refractivity contribution is -0.143. The average Bonchev–Trinajstić information content (AvgIpc) is 3.36. The van der Waals surface area contributed by atoms with Crippen LogP contribution in [0.3, 0.4) is 0 Å². The van der Waals surface area contributed by atoms with Crippen LogP contribution in [-0.4, -0.2) is 36.1 Å². The monoisotopic (exact) mass is 498 g/mol. The number of hydrogen-bond acceptors (Lipinski definition) is 6. The smallest absolute Gasteiger partial charge is 0.326 e. The molecule has 0 saturated carbocycles. The van der Waals surface area contributed by atoms with E-state index in [1.165, 1.54) is 10.5 Å². The minimum atomic E-state index is -0.683. The van der Waals surface area contributed by atoms with Gasteiger partial charge in [0.05, 0.1) is 23.0 Å². The van der Waals surface area contributed by atoms with Crippen LogP contribution in [0.15, 0.2) is 84.2 Å². The average molecular weight is 499 g/mol. The zero-order chi connectivity index (χ0) is 24.9. The van der Waals surface area contributed by atoms with E-state index in [-0.39, 0.29) is 19.1 Å². The normalized spacial score (nSPS) is 14.8. The first kappa shape index (κ1) is 23.8. The molecule has 6 nitrogen and oxygen atoms in total. The maximum Gasteiger partial charge on any atom is 0.326 e. The minimum Gasteiger partial charge on any atom is -0.479 e. The maximum atomic E-state index is 13.0. The Morgan fingerprint density at radius 3 is 2.50 bits per heavy atom. The van der Waals surface area contributed by atoms with Gasteiger partial charge in [-0.2, -0.15) is 0 Å². The van der Waals surface area contributed by atoms with Crippen LogP contribution in [-0.2, 0) is 27.2 Å². The summed E-state index contributed by atoms with van der Waals surface area (Å²) in [6, 6.07) is 25.7. The molecule has 2 heterocycles. The van der Waals surface area contributed by atoms with Crippen LogP contribution in [0.2, 0.25) is 0 Å². The van der Waals surface area contributed by atoms with E-state index >= 15 is 0 Å². The fraction of sp³-hybridized carbons (Fsp3) is 0.207. The van der Waals surface area contributed by atoms with Crippen LogP contribution in [0.1, 0.15) is 23.1 Å². The summed E-state index contributed by atoms with van der Waals surface area (Å²) in [6.07, 6.45) is 0.698. The highest BCUT2D eigenvalue weighted by Gasteiger charge is 2.33. The van der Waals surface area contributed by atoms with Crippen molar-refractivity contribution in [3.05, 3.63) is 100 Å². The Hall–Kier alpha value is -3.97. The highest BCUT2D eigenvalue weighted by Crippen LogP contribution is 2.38. The lowest BCUT2D eigenvalue weighted by Crippen LogP contribution is -2.47. The van der Waals surface area contributed by atoms with Gasteiger partial charge < -0.3 is 9.47 Å². The Morgan fingerprint density at radius 1 is 1.03 bits per heavy atom. The van der Waals surface area contributed by atoms with Crippen LogP contribution in [0, 0.1) is 0 Å². The number of anilines is 1. The number of ether oxygens (including phenoxy) is 2. The van der Waals surface area contributed by atoms with Crippen LogP contribution >= 0.6 is 11.3 Å². The zero-order valence-corrected chi connectivity index (χ0v) is 20.7. The van der Waals surface area contributed by atoms with Crippen molar-refractivity contribution in [1.82, 2.24) is 4.98 Å². The van der Waals surface area contributed by atoms with Gasteiger partial charge in [-0.25, -0.2) is 4.98 Å². The van der Waals surface area contributed by atoms with Gasteiger partial charge in [-0.05, 0) is 36.2 Å². The molecule has 1 amide bonds. The molecule has 0 fully saturated rings. The Balaban J connectivity index is 1.31. The number of amides is 1. The van der Waals surface area contributed by atoms with Crippen LogP contribution < -0.4 is 9.64 Å². The van der Waals surface area contributed by atoms with Crippen LogP contribution in [0.25, 0.3) is 11.3 Å². The molecule has 1 aliphatic rings. The number of nitrogens with zero attached hydrogens (tertiary/aromatic N) is 2. The van der Waals surface area contributed by atoms with E-state index in [9.17, 15) is 9.59 Å². The Kier molecular flexibility index (Phi) is 7.09. The molecule has 0 bridgehead atoms. The molecule has 4 aromatic rings. The van der Waals surface area contributed by atoms with E-state index in [2.05, 4.69) is 12.1 Å². The molecule has 3 aromatic carbocycles. The molecule has 0 saturated heterocycles. The van der Waals surface area contributed by atoms with Crippen LogP contribution in [0.4, 0.5) is 5.69 Å². The number of fused-ring (bicyclic) bond motifs is 1. The summed E-state index contributed by atoms with van der Waals surface area (Å²) in [6.45, 7) is 1.77. The number of hydrogen-bond donors (Lipinski definition) is 0. The summed E-state index contributed by atoms with van der Waals surface area (Å²) in [7, 11) is 0. The molecule has 1 aromatic heterocycles. The minimum absolute atomic E-state index is 0.173. The predicted molar refractivity (Wildman–Crippen MR) is 140 cm³/mol. The topological polar surface area (TPSA) is 68.7 Å². The van der Waals surface area contributed by atoms with Crippen LogP contribution in [0.5, 0.6) is 5.75 Å². The molecule has 0 radical (unpaired) electrons. The highest BCUT2D eigenvalue weighted by molar-refractivity contribution is 7.10. The molecule has 1 atom stereocenters. The summed E-state index contributed by atoms with van der Waals surface area (Å²) in [5.74, 6) is -0.172. The SMILES string of the molecule is CC1Oc2ccc(-c3csc(Cc4ccccc4)n3)cc2N(CC(=O)OCCc2ccccc2)C1=O. The quantitative estimate of drug-likeness (QED) is 0.308. The lowest BCUT2D eigenvalue weighted by Gasteiger charge is -2.32. The predicted octanol–water partition coefficient (Wildman–Crippen LogP) is 5.30. The van der Waals surface area contributed by atoms with Crippen molar-refractivity contribution in [2.75, 3.05) is 18.1 Å². The zero-order valence-electron chi connectivity index (χ0n) is 19.9. The molecule has 1 unspecified atom stereocenters. The fourth-order valence-electron chi connectivity index (χ4n) is 4.13. The molecule has 0 aliphatic carbocycles. The maximum absolute atomic E-state index is 13.0. The summed E-state index contributed by atoms with van der Waals surface area (Å²) in [4.78, 5) is 31.8. The van der Waals surface area contributed by atoms with E-state index in [0.717, 1.165) is 28.2 Å². The van der Waals surface area contributed by atoms with E-state index in [1.807, 2.05) is 72.1 Å². The second-order valence-electron chi connectivity index (χ2n) is 8.61. The van der Waals surface area contributed by atoms with E-state index < -0.39 is 12.1 Å². The lowest BCUT2D eigenvalue weighted by atomic mass is 10.1. The van der Waals surface area contributed by atoms with Crippen molar-refractivity contribution >= 4 is 28.9 Å². The van der Waals surface area contributed by atoms with Gasteiger partial charge in [0.25, 0.3) is 5.91 Å². The van der Waals surface area contributed by atoms with E-state index in [4.69, 9.17) is 14.5 Å². The number of aromatic nitrogens is 1. The summed E-state index contributed by atoms with van der Waals surface area (Å²) in [5, 5.41) is 3.02. The molecule has 0 spiro atoms. The van der Waals surface area contributed by atoms with Gasteiger partial charge in [0.1, 0.15) is 12.3 Å².